The van der Waals surface area contributed by atoms with Crippen LogP contribution in [0.1, 0.15) is 28.3 Å². The number of ketones is 1. The fraction of sp³-hybridized carbons (Fsp3) is 0.120. The lowest BCUT2D eigenvalue weighted by molar-refractivity contribution is -0.132. The maximum Gasteiger partial charge on any atom is 0.300 e. The Morgan fingerprint density at radius 2 is 1.63 bits per heavy atom. The van der Waals surface area contributed by atoms with Crippen molar-refractivity contribution in [3.8, 4) is 0 Å². The number of anilines is 1. The summed E-state index contributed by atoms with van der Waals surface area (Å²) in [6.07, 6.45) is 0. The summed E-state index contributed by atoms with van der Waals surface area (Å²) < 4.78 is 13.4. The first-order valence-corrected chi connectivity index (χ1v) is 9.57. The number of Topliss-reactive ketones (excluding diaryl/α,β-unsaturated/α-hetero) is 1. The van der Waals surface area contributed by atoms with E-state index in [1.165, 1.54) is 29.2 Å². The highest BCUT2D eigenvalue weighted by molar-refractivity contribution is 6.51. The van der Waals surface area contributed by atoms with Crippen molar-refractivity contribution in [2.75, 3.05) is 4.90 Å². The number of nitrogens with zero attached hydrogens (tertiary/aromatic N) is 1. The summed E-state index contributed by atoms with van der Waals surface area (Å²) in [5.74, 6) is -2.26. The minimum atomic E-state index is -0.795. The molecule has 0 spiro atoms. The monoisotopic (exact) mass is 401 g/mol. The summed E-state index contributed by atoms with van der Waals surface area (Å²) in [4.78, 5) is 27.6. The second-order valence-electron chi connectivity index (χ2n) is 7.38. The van der Waals surface area contributed by atoms with Crippen molar-refractivity contribution in [1.29, 1.82) is 0 Å². The number of para-hydroxylation sites is 1. The highest BCUT2D eigenvalue weighted by atomic mass is 19.1. The molecule has 1 saturated heterocycles. The van der Waals surface area contributed by atoms with Gasteiger partial charge in [0, 0.05) is 11.3 Å². The van der Waals surface area contributed by atoms with Gasteiger partial charge < -0.3 is 5.11 Å². The molecule has 1 atom stereocenters. The Bertz CT molecular complexity index is 1180. The molecule has 0 bridgehead atoms. The normalized spacial score (nSPS) is 18.1. The molecule has 1 aliphatic rings. The Balaban J connectivity index is 1.98. The number of aliphatic hydroxyl groups is 1. The maximum absolute atomic E-state index is 13.4. The second kappa shape index (κ2) is 7.59. The first-order chi connectivity index (χ1) is 14.4. The molecular formula is C25H20FNO3. The molecule has 1 heterocycles. The number of aliphatic hydroxyl groups excluding tert-OH is 1. The zero-order chi connectivity index (χ0) is 21.4. The van der Waals surface area contributed by atoms with Gasteiger partial charge >= 0.3 is 0 Å². The molecule has 150 valence electrons. The van der Waals surface area contributed by atoms with Crippen molar-refractivity contribution in [3.05, 3.63) is 106 Å². The number of hydrogen-bond donors (Lipinski definition) is 1. The van der Waals surface area contributed by atoms with Crippen LogP contribution in [-0.2, 0) is 9.59 Å². The molecule has 1 unspecified atom stereocenters. The lowest BCUT2D eigenvalue weighted by atomic mass is 9.94. The number of amides is 1. The van der Waals surface area contributed by atoms with Gasteiger partial charge in [-0.05, 0) is 55.3 Å². The first-order valence-electron chi connectivity index (χ1n) is 9.57. The van der Waals surface area contributed by atoms with E-state index in [9.17, 15) is 19.1 Å². The van der Waals surface area contributed by atoms with Crippen LogP contribution in [0, 0.1) is 19.7 Å². The molecule has 3 aromatic rings. The van der Waals surface area contributed by atoms with Crippen LogP contribution in [0.5, 0.6) is 0 Å². The van der Waals surface area contributed by atoms with E-state index < -0.39 is 23.5 Å². The standard InChI is InChI=1S/C25H20FNO3/c1-15-6-5-8-18(14-15)22-21(23(28)17-10-12-19(26)13-11-17)24(29)25(30)27(22)20-9-4-3-7-16(20)2/h3-14,22,28H,1-2H3/b23-21-. The Morgan fingerprint density at radius 1 is 0.933 bits per heavy atom. The van der Waals surface area contributed by atoms with Crippen molar-refractivity contribution >= 4 is 23.1 Å². The molecule has 4 rings (SSSR count). The minimum Gasteiger partial charge on any atom is -0.507 e. The molecule has 1 fully saturated rings. The summed E-state index contributed by atoms with van der Waals surface area (Å²) in [5, 5.41) is 11.0. The van der Waals surface area contributed by atoms with Crippen LogP contribution in [0.25, 0.3) is 5.76 Å². The SMILES string of the molecule is Cc1cccc(C2/C(=C(/O)c3ccc(F)cc3)C(=O)C(=O)N2c2ccccc2C)c1. The summed E-state index contributed by atoms with van der Waals surface area (Å²) in [6, 6.07) is 19.2. The maximum atomic E-state index is 13.4. The third-order valence-corrected chi connectivity index (χ3v) is 5.29. The number of carbonyl (C=O) groups excluding carboxylic acids is 2. The van der Waals surface area contributed by atoms with Gasteiger partial charge in [0.2, 0.25) is 0 Å². The predicted molar refractivity (Wildman–Crippen MR) is 114 cm³/mol. The average Bonchev–Trinajstić information content (AvgIpc) is 2.99. The van der Waals surface area contributed by atoms with Crippen molar-refractivity contribution in [2.24, 2.45) is 0 Å². The predicted octanol–water partition coefficient (Wildman–Crippen LogP) is 5.07. The van der Waals surface area contributed by atoms with Gasteiger partial charge in [-0.1, -0.05) is 48.0 Å². The van der Waals surface area contributed by atoms with Crippen LogP contribution in [0.3, 0.4) is 0 Å². The summed E-state index contributed by atoms with van der Waals surface area (Å²) in [6.45, 7) is 3.78. The van der Waals surface area contributed by atoms with Crippen molar-refractivity contribution in [1.82, 2.24) is 0 Å². The van der Waals surface area contributed by atoms with Crippen LogP contribution in [0.4, 0.5) is 10.1 Å². The first kappa shape index (κ1) is 19.6. The molecule has 30 heavy (non-hydrogen) atoms. The fourth-order valence-corrected chi connectivity index (χ4v) is 3.83. The van der Waals surface area contributed by atoms with E-state index in [0.717, 1.165) is 11.1 Å². The number of halogens is 1. The van der Waals surface area contributed by atoms with Gasteiger partial charge in [0.05, 0.1) is 11.6 Å². The second-order valence-corrected chi connectivity index (χ2v) is 7.38. The Hall–Kier alpha value is -3.73. The van der Waals surface area contributed by atoms with Gasteiger partial charge in [0.1, 0.15) is 11.6 Å². The Morgan fingerprint density at radius 3 is 2.30 bits per heavy atom. The molecular weight excluding hydrogens is 381 g/mol. The zero-order valence-electron chi connectivity index (χ0n) is 16.6. The van der Waals surface area contributed by atoms with Crippen molar-refractivity contribution in [2.45, 2.75) is 19.9 Å². The van der Waals surface area contributed by atoms with Gasteiger partial charge in [0.25, 0.3) is 11.7 Å². The summed E-state index contributed by atoms with van der Waals surface area (Å²) >= 11 is 0. The van der Waals surface area contributed by atoms with Gasteiger partial charge in [0.15, 0.2) is 0 Å². The quantitative estimate of drug-likeness (QED) is 0.379. The molecule has 5 heteroatoms. The van der Waals surface area contributed by atoms with Crippen LogP contribution < -0.4 is 4.90 Å². The highest BCUT2D eigenvalue weighted by Gasteiger charge is 2.47. The molecule has 4 nitrogen and oxygen atoms in total. The van der Waals surface area contributed by atoms with Gasteiger partial charge in [-0.3, -0.25) is 14.5 Å². The number of aryl methyl sites for hydroxylation is 2. The Kier molecular flexibility index (Phi) is 4.96. The molecule has 3 aromatic carbocycles. The molecule has 1 amide bonds. The number of benzene rings is 3. The average molecular weight is 401 g/mol. The van der Waals surface area contributed by atoms with Crippen molar-refractivity contribution < 1.29 is 19.1 Å². The third-order valence-electron chi connectivity index (χ3n) is 5.29. The van der Waals surface area contributed by atoms with E-state index >= 15 is 0 Å². The smallest absolute Gasteiger partial charge is 0.300 e. The Labute approximate surface area is 173 Å². The largest absolute Gasteiger partial charge is 0.507 e. The van der Waals surface area contributed by atoms with E-state index in [2.05, 4.69) is 0 Å². The van der Waals surface area contributed by atoms with Crippen LogP contribution >= 0.6 is 0 Å². The van der Waals surface area contributed by atoms with Crippen LogP contribution in [0.15, 0.2) is 78.4 Å². The lowest BCUT2D eigenvalue weighted by Gasteiger charge is -2.27. The zero-order valence-corrected chi connectivity index (χ0v) is 16.6. The molecule has 1 N–H and O–H groups in total. The van der Waals surface area contributed by atoms with E-state index in [4.69, 9.17) is 0 Å². The van der Waals surface area contributed by atoms with E-state index in [-0.39, 0.29) is 16.9 Å². The van der Waals surface area contributed by atoms with Gasteiger partial charge in [-0.15, -0.1) is 0 Å². The number of rotatable bonds is 3. The van der Waals surface area contributed by atoms with Crippen molar-refractivity contribution in [3.63, 3.8) is 0 Å². The molecule has 0 aliphatic carbocycles. The van der Waals surface area contributed by atoms with Gasteiger partial charge in [-0.2, -0.15) is 0 Å². The highest BCUT2D eigenvalue weighted by Crippen LogP contribution is 2.43. The minimum absolute atomic E-state index is 0.0135. The number of hydrogen-bond acceptors (Lipinski definition) is 3. The van der Waals surface area contributed by atoms with Crippen LogP contribution in [0.2, 0.25) is 0 Å². The topological polar surface area (TPSA) is 57.6 Å². The molecule has 1 aliphatic heterocycles. The lowest BCUT2D eigenvalue weighted by Crippen LogP contribution is -2.30. The van der Waals surface area contributed by atoms with E-state index in [1.54, 1.807) is 12.1 Å². The van der Waals surface area contributed by atoms with Gasteiger partial charge in [-0.25, -0.2) is 4.39 Å². The van der Waals surface area contributed by atoms with Crippen LogP contribution in [-0.4, -0.2) is 16.8 Å². The molecule has 0 saturated carbocycles. The van der Waals surface area contributed by atoms with E-state index in [1.807, 2.05) is 50.2 Å². The number of carbonyl (C=O) groups is 2. The van der Waals surface area contributed by atoms with E-state index in [0.29, 0.717) is 11.3 Å². The third kappa shape index (κ3) is 3.28. The molecule has 0 aromatic heterocycles. The summed E-state index contributed by atoms with van der Waals surface area (Å²) in [7, 11) is 0. The molecule has 0 radical (unpaired) electrons. The summed E-state index contributed by atoms with van der Waals surface area (Å²) in [5.41, 5.74) is 3.37. The fourth-order valence-electron chi connectivity index (χ4n) is 3.83.